The molecule has 0 saturated heterocycles. The van der Waals surface area contributed by atoms with E-state index >= 15 is 0 Å². The smallest absolute Gasteiger partial charge is 0.103 e. The fourth-order valence-corrected chi connectivity index (χ4v) is 4.18. The lowest BCUT2D eigenvalue weighted by Crippen LogP contribution is -2.42. The molecule has 2 aromatic carbocycles. The topological polar surface area (TPSA) is 19.4 Å². The number of pyridine rings is 1. The van der Waals surface area contributed by atoms with Gasteiger partial charge >= 0.3 is 0 Å². The monoisotopic (exact) mass is 343 g/mol. The molecule has 3 nitrogen and oxygen atoms in total. The lowest BCUT2D eigenvalue weighted by atomic mass is 10.0. The predicted molar refractivity (Wildman–Crippen MR) is 110 cm³/mol. The maximum Gasteiger partial charge on any atom is 0.103 e. The minimum Gasteiger partial charge on any atom is -0.354 e. The molecule has 0 bridgehead atoms. The van der Waals surface area contributed by atoms with Gasteiger partial charge < -0.3 is 9.80 Å². The van der Waals surface area contributed by atoms with Crippen molar-refractivity contribution < 1.29 is 0 Å². The van der Waals surface area contributed by atoms with Crippen LogP contribution in [0, 0.1) is 20.8 Å². The largest absolute Gasteiger partial charge is 0.354 e. The quantitative estimate of drug-likeness (QED) is 0.572. The van der Waals surface area contributed by atoms with Crippen LogP contribution in [0.2, 0.25) is 0 Å². The van der Waals surface area contributed by atoms with Crippen LogP contribution >= 0.6 is 0 Å². The van der Waals surface area contributed by atoms with Gasteiger partial charge in [-0.2, -0.15) is 0 Å². The second-order valence-electron chi connectivity index (χ2n) is 7.16. The van der Waals surface area contributed by atoms with E-state index < -0.39 is 0 Å². The summed E-state index contributed by atoms with van der Waals surface area (Å²) >= 11 is 0. The van der Waals surface area contributed by atoms with Crippen LogP contribution in [-0.2, 0) is 0 Å². The Morgan fingerprint density at radius 1 is 0.846 bits per heavy atom. The van der Waals surface area contributed by atoms with Crippen molar-refractivity contribution in [3.63, 3.8) is 0 Å². The molecule has 1 aromatic heterocycles. The number of hydrogen-bond donors (Lipinski definition) is 0. The second kappa shape index (κ2) is 6.17. The van der Waals surface area contributed by atoms with Gasteiger partial charge in [0.2, 0.25) is 0 Å². The Hall–Kier alpha value is -2.81. The van der Waals surface area contributed by atoms with Gasteiger partial charge in [-0.3, -0.25) is 4.98 Å². The van der Waals surface area contributed by atoms with Crippen LogP contribution in [0.15, 0.2) is 54.6 Å². The van der Waals surface area contributed by atoms with Gasteiger partial charge in [0, 0.05) is 29.6 Å². The summed E-state index contributed by atoms with van der Waals surface area (Å²) in [5.74, 6) is 0. The van der Waals surface area contributed by atoms with Crippen LogP contribution in [0.25, 0.3) is 11.1 Å². The van der Waals surface area contributed by atoms with Gasteiger partial charge in [-0.05, 0) is 51.5 Å². The van der Waals surface area contributed by atoms with Gasteiger partial charge in [0.25, 0.3) is 0 Å². The van der Waals surface area contributed by atoms with Crippen molar-refractivity contribution in [3.8, 4) is 11.1 Å². The molecule has 3 aromatic rings. The Morgan fingerprint density at radius 3 is 2.08 bits per heavy atom. The van der Waals surface area contributed by atoms with Crippen molar-refractivity contribution >= 4 is 17.1 Å². The van der Waals surface area contributed by atoms with E-state index in [0.29, 0.717) is 0 Å². The lowest BCUT2D eigenvalue weighted by Gasteiger charge is -2.38. The van der Waals surface area contributed by atoms with Crippen molar-refractivity contribution in [2.75, 3.05) is 16.8 Å². The molecule has 2 heterocycles. The van der Waals surface area contributed by atoms with Crippen LogP contribution in [0.5, 0.6) is 0 Å². The molecule has 4 rings (SSSR count). The number of rotatable bonds is 1. The Bertz CT molecular complexity index is 954. The Morgan fingerprint density at radius 2 is 1.42 bits per heavy atom. The molecule has 0 aliphatic carbocycles. The zero-order valence-corrected chi connectivity index (χ0v) is 16.1. The molecule has 0 spiro atoms. The average Bonchev–Trinajstić information content (AvgIpc) is 2.71. The zero-order valence-electron chi connectivity index (χ0n) is 16.1. The van der Waals surface area contributed by atoms with Gasteiger partial charge in [-0.15, -0.1) is 0 Å². The highest BCUT2D eigenvalue weighted by Crippen LogP contribution is 2.45. The number of benzene rings is 2. The van der Waals surface area contributed by atoms with Gasteiger partial charge in [-0.25, -0.2) is 0 Å². The fourth-order valence-electron chi connectivity index (χ4n) is 4.18. The van der Waals surface area contributed by atoms with Crippen LogP contribution in [-0.4, -0.2) is 18.2 Å². The summed E-state index contributed by atoms with van der Waals surface area (Å²) in [5, 5.41) is 0. The van der Waals surface area contributed by atoms with E-state index in [4.69, 9.17) is 4.98 Å². The third-order valence-electron chi connectivity index (χ3n) is 5.40. The molecule has 3 heteroatoms. The highest BCUT2D eigenvalue weighted by atomic mass is 15.4. The van der Waals surface area contributed by atoms with Crippen molar-refractivity contribution in [2.24, 2.45) is 0 Å². The predicted octanol–water partition coefficient (Wildman–Crippen LogP) is 5.61. The third-order valence-corrected chi connectivity index (χ3v) is 5.40. The number of anilines is 3. The molecule has 0 unspecified atom stereocenters. The molecular weight excluding hydrogens is 318 g/mol. The van der Waals surface area contributed by atoms with E-state index in [1.807, 2.05) is 0 Å². The van der Waals surface area contributed by atoms with E-state index in [0.717, 1.165) is 11.4 Å². The van der Waals surface area contributed by atoms with Crippen molar-refractivity contribution in [1.82, 2.24) is 4.98 Å². The van der Waals surface area contributed by atoms with Gasteiger partial charge in [0.05, 0.1) is 17.1 Å². The first kappa shape index (κ1) is 16.6. The van der Waals surface area contributed by atoms with E-state index in [-0.39, 0.29) is 6.17 Å². The standard InChI is InChI=1S/C23H25N3/c1-15-14-16(2)24-17(3)23(15)26-18(4)25(5)21-12-8-6-10-19(21)20-11-7-9-13-22(20)26/h6-14,18H,1-5H3/t18-/m0/s1. The Kier molecular flexibility index (Phi) is 3.95. The molecule has 1 atom stereocenters. The minimum absolute atomic E-state index is 0.168. The maximum atomic E-state index is 4.76. The summed E-state index contributed by atoms with van der Waals surface area (Å²) in [5.41, 5.74) is 9.62. The summed E-state index contributed by atoms with van der Waals surface area (Å²) in [6.07, 6.45) is 0.168. The molecule has 1 aliphatic rings. The average molecular weight is 343 g/mol. The van der Waals surface area contributed by atoms with Crippen molar-refractivity contribution in [1.29, 1.82) is 0 Å². The van der Waals surface area contributed by atoms with Crippen LogP contribution in [0.3, 0.4) is 0 Å². The number of aromatic nitrogens is 1. The van der Waals surface area contributed by atoms with E-state index in [1.54, 1.807) is 0 Å². The van der Waals surface area contributed by atoms with Gasteiger partial charge in [0.1, 0.15) is 6.17 Å². The number of fused-ring (bicyclic) bond motifs is 3. The minimum atomic E-state index is 0.168. The van der Waals surface area contributed by atoms with Crippen molar-refractivity contribution in [3.05, 3.63) is 71.5 Å². The van der Waals surface area contributed by atoms with Crippen molar-refractivity contribution in [2.45, 2.75) is 33.9 Å². The van der Waals surface area contributed by atoms with Crippen LogP contribution in [0.1, 0.15) is 23.9 Å². The number of hydrogen-bond acceptors (Lipinski definition) is 3. The highest BCUT2D eigenvalue weighted by Gasteiger charge is 2.30. The molecule has 1 aliphatic heterocycles. The molecule has 0 N–H and O–H groups in total. The molecule has 0 fully saturated rings. The number of nitrogens with zero attached hydrogens (tertiary/aromatic N) is 3. The first-order chi connectivity index (χ1) is 12.5. The highest BCUT2D eigenvalue weighted by molar-refractivity contribution is 5.92. The summed E-state index contributed by atoms with van der Waals surface area (Å²) in [4.78, 5) is 9.55. The molecule has 0 amide bonds. The van der Waals surface area contributed by atoms with Gasteiger partial charge in [0.15, 0.2) is 0 Å². The summed E-state index contributed by atoms with van der Waals surface area (Å²) < 4.78 is 0. The summed E-state index contributed by atoms with van der Waals surface area (Å²) in [6.45, 7) is 8.62. The van der Waals surface area contributed by atoms with Gasteiger partial charge in [-0.1, -0.05) is 36.4 Å². The molecule has 26 heavy (non-hydrogen) atoms. The molecule has 0 radical (unpaired) electrons. The Balaban J connectivity index is 2.03. The van der Waals surface area contributed by atoms with E-state index in [9.17, 15) is 0 Å². The third kappa shape index (κ3) is 2.47. The fraction of sp³-hybridized carbons (Fsp3) is 0.261. The maximum absolute atomic E-state index is 4.76. The first-order valence-corrected chi connectivity index (χ1v) is 9.14. The molecular formula is C23H25N3. The number of para-hydroxylation sites is 2. The SMILES string of the molecule is Cc1cc(C)c(N2c3ccccc3-c3ccccc3N(C)[C@@H]2C)c(C)n1. The van der Waals surface area contributed by atoms with E-state index in [2.05, 4.69) is 99.1 Å². The Labute approximate surface area is 155 Å². The molecule has 132 valence electrons. The van der Waals surface area contributed by atoms with Crippen LogP contribution in [0.4, 0.5) is 17.1 Å². The zero-order chi connectivity index (χ0) is 18.4. The second-order valence-corrected chi connectivity index (χ2v) is 7.16. The van der Waals surface area contributed by atoms with E-state index in [1.165, 1.54) is 33.8 Å². The lowest BCUT2D eigenvalue weighted by molar-refractivity contribution is 0.694. The van der Waals surface area contributed by atoms with Crippen LogP contribution < -0.4 is 9.80 Å². The summed E-state index contributed by atoms with van der Waals surface area (Å²) in [7, 11) is 2.18. The summed E-state index contributed by atoms with van der Waals surface area (Å²) in [6, 6.07) is 19.5. The first-order valence-electron chi connectivity index (χ1n) is 9.14. The molecule has 0 saturated carbocycles. The normalized spacial score (nSPS) is 16.1. The number of aryl methyl sites for hydroxylation is 3.